The summed E-state index contributed by atoms with van der Waals surface area (Å²) in [6, 6.07) is -1.68. The summed E-state index contributed by atoms with van der Waals surface area (Å²) in [6.45, 7) is 15.5. The largest absolute Gasteiger partial charge is 0.462 e. The van der Waals surface area contributed by atoms with Crippen molar-refractivity contribution < 1.29 is 28.4 Å². The Hall–Kier alpha value is -0.950. The van der Waals surface area contributed by atoms with Crippen LogP contribution >= 0.6 is 7.44 Å². The number of nitrogens with one attached hydrogen (secondary N) is 2. The van der Waals surface area contributed by atoms with Gasteiger partial charge in [0.05, 0.1) is 17.8 Å². The summed E-state index contributed by atoms with van der Waals surface area (Å²) in [4.78, 5) is 24.1. The molecule has 0 aliphatic carbocycles. The number of esters is 2. The van der Waals surface area contributed by atoms with Gasteiger partial charge in [0.15, 0.2) is 0 Å². The lowest BCUT2D eigenvalue weighted by molar-refractivity contribution is -0.149. The van der Waals surface area contributed by atoms with Crippen molar-refractivity contribution in [2.24, 2.45) is 0 Å². The normalized spacial score (nSPS) is 15.0. The third-order valence-corrected chi connectivity index (χ3v) is 5.00. The molecule has 0 unspecified atom stereocenters. The molecule has 0 aliphatic heterocycles. The topological polar surface area (TPSA) is 103 Å². The van der Waals surface area contributed by atoms with Gasteiger partial charge in [-0.1, -0.05) is 0 Å². The number of carbonyl (C=O) groups excluding carboxylic acids is 2. The standard InChI is InChI=1S/C17H35N2O6P/c1-11(2)24-15(20)13(5)18-26(22,10-23-17(7,8)9)19-14(6)16(21)25-12(3)4/h11-14H,10H2,1-9H3,(H2,18,19,22)/t13-,14-/m0/s1. The molecule has 0 saturated carbocycles. The van der Waals surface area contributed by atoms with Gasteiger partial charge < -0.3 is 14.2 Å². The van der Waals surface area contributed by atoms with Crippen LogP contribution in [0.5, 0.6) is 0 Å². The lowest BCUT2D eigenvalue weighted by atomic mass is 10.2. The van der Waals surface area contributed by atoms with Crippen LogP contribution in [0.25, 0.3) is 0 Å². The van der Waals surface area contributed by atoms with E-state index in [0.717, 1.165) is 0 Å². The third-order valence-electron chi connectivity index (χ3n) is 2.89. The monoisotopic (exact) mass is 394 g/mol. The maximum Gasteiger partial charge on any atom is 0.323 e. The number of rotatable bonds is 10. The lowest BCUT2D eigenvalue weighted by Crippen LogP contribution is -2.44. The highest BCUT2D eigenvalue weighted by molar-refractivity contribution is 7.59. The molecule has 0 amide bonds. The summed E-state index contributed by atoms with van der Waals surface area (Å²) < 4.78 is 29.2. The molecule has 0 aromatic carbocycles. The fourth-order valence-electron chi connectivity index (χ4n) is 1.80. The number of hydrogen-bond donors (Lipinski definition) is 2. The number of carbonyl (C=O) groups is 2. The van der Waals surface area contributed by atoms with Crippen molar-refractivity contribution in [3.05, 3.63) is 0 Å². The minimum Gasteiger partial charge on any atom is -0.462 e. The van der Waals surface area contributed by atoms with Crippen LogP contribution in [0.1, 0.15) is 62.3 Å². The van der Waals surface area contributed by atoms with Crippen molar-refractivity contribution in [3.63, 3.8) is 0 Å². The second kappa shape index (κ2) is 10.4. The zero-order chi connectivity index (χ0) is 20.7. The summed E-state index contributed by atoms with van der Waals surface area (Å²) in [6.07, 6.45) is -0.774. The van der Waals surface area contributed by atoms with Crippen LogP contribution < -0.4 is 10.2 Å². The van der Waals surface area contributed by atoms with Crippen LogP contribution in [0.3, 0.4) is 0 Å². The molecule has 0 bridgehead atoms. The van der Waals surface area contributed by atoms with Crippen molar-refractivity contribution in [1.29, 1.82) is 0 Å². The van der Waals surface area contributed by atoms with Crippen molar-refractivity contribution in [2.45, 2.75) is 92.2 Å². The van der Waals surface area contributed by atoms with E-state index in [0.29, 0.717) is 0 Å². The van der Waals surface area contributed by atoms with Gasteiger partial charge in [-0.25, -0.2) is 10.2 Å². The Labute approximate surface area is 157 Å². The SMILES string of the molecule is CC(C)OC(=O)[C@H](C)NP(=O)(COC(C)(C)C)N[C@@H](C)C(=O)OC(C)C. The van der Waals surface area contributed by atoms with E-state index in [4.69, 9.17) is 14.2 Å². The minimum atomic E-state index is -3.45. The van der Waals surface area contributed by atoms with Crippen LogP contribution in [0, 0.1) is 0 Å². The highest BCUT2D eigenvalue weighted by Gasteiger charge is 2.33. The molecule has 154 valence electrons. The van der Waals surface area contributed by atoms with Gasteiger partial charge in [-0.05, 0) is 62.3 Å². The van der Waals surface area contributed by atoms with Gasteiger partial charge in [-0.15, -0.1) is 0 Å². The molecule has 8 nitrogen and oxygen atoms in total. The molecule has 26 heavy (non-hydrogen) atoms. The van der Waals surface area contributed by atoms with Crippen LogP contribution in [-0.2, 0) is 28.4 Å². The van der Waals surface area contributed by atoms with Crippen molar-refractivity contribution >= 4 is 19.4 Å². The van der Waals surface area contributed by atoms with Gasteiger partial charge in [-0.2, -0.15) is 0 Å². The van der Waals surface area contributed by atoms with E-state index in [-0.39, 0.29) is 18.6 Å². The first-order valence-corrected chi connectivity index (χ1v) is 10.7. The van der Waals surface area contributed by atoms with E-state index in [1.807, 2.05) is 20.8 Å². The second-order valence-electron chi connectivity index (χ2n) is 7.80. The number of ether oxygens (including phenoxy) is 3. The minimum absolute atomic E-state index is 0.199. The summed E-state index contributed by atoms with van der Waals surface area (Å²) in [5.74, 6) is -1.06. The molecule has 2 atom stereocenters. The molecule has 0 heterocycles. The Morgan fingerprint density at radius 1 is 0.846 bits per heavy atom. The first-order valence-electron chi connectivity index (χ1n) is 8.85. The molecule has 9 heteroatoms. The summed E-state index contributed by atoms with van der Waals surface area (Å²) in [5.41, 5.74) is -0.539. The highest BCUT2D eigenvalue weighted by Crippen LogP contribution is 2.39. The fourth-order valence-corrected chi connectivity index (χ4v) is 4.05. The van der Waals surface area contributed by atoms with Gasteiger partial charge in [0.1, 0.15) is 18.4 Å². The first kappa shape index (κ1) is 25.1. The Morgan fingerprint density at radius 3 is 1.46 bits per heavy atom. The van der Waals surface area contributed by atoms with E-state index in [9.17, 15) is 14.2 Å². The van der Waals surface area contributed by atoms with Crippen LogP contribution in [0.15, 0.2) is 0 Å². The lowest BCUT2D eigenvalue weighted by Gasteiger charge is -2.29. The maximum atomic E-state index is 13.3. The van der Waals surface area contributed by atoms with Gasteiger partial charge in [0.25, 0.3) is 0 Å². The summed E-state index contributed by atoms with van der Waals surface area (Å²) in [5, 5.41) is 5.49. The van der Waals surface area contributed by atoms with Gasteiger partial charge >= 0.3 is 11.9 Å². The zero-order valence-electron chi connectivity index (χ0n) is 17.4. The van der Waals surface area contributed by atoms with Gasteiger partial charge in [0, 0.05) is 0 Å². The molecule has 0 rings (SSSR count). The first-order chi connectivity index (χ1) is 11.6. The van der Waals surface area contributed by atoms with Crippen LogP contribution in [0.2, 0.25) is 0 Å². The van der Waals surface area contributed by atoms with Crippen LogP contribution in [0.4, 0.5) is 0 Å². The van der Waals surface area contributed by atoms with E-state index in [2.05, 4.69) is 10.2 Å². The van der Waals surface area contributed by atoms with Crippen LogP contribution in [-0.4, -0.2) is 48.2 Å². The Morgan fingerprint density at radius 2 is 1.19 bits per heavy atom. The predicted octanol–water partition coefficient (Wildman–Crippen LogP) is 2.81. The van der Waals surface area contributed by atoms with Crippen molar-refractivity contribution in [1.82, 2.24) is 10.2 Å². The smallest absolute Gasteiger partial charge is 0.323 e. The van der Waals surface area contributed by atoms with E-state index >= 15 is 0 Å². The van der Waals surface area contributed by atoms with E-state index in [1.54, 1.807) is 41.5 Å². The molecule has 0 radical (unpaired) electrons. The average Bonchev–Trinajstić information content (AvgIpc) is 2.42. The highest BCUT2D eigenvalue weighted by atomic mass is 31.2. The van der Waals surface area contributed by atoms with Crippen molar-refractivity contribution in [3.8, 4) is 0 Å². The predicted molar refractivity (Wildman–Crippen MR) is 101 cm³/mol. The third kappa shape index (κ3) is 10.9. The van der Waals surface area contributed by atoms with Gasteiger partial charge in [0.2, 0.25) is 7.44 Å². The molecular formula is C17H35N2O6P. The molecule has 0 aromatic heterocycles. The summed E-state index contributed by atoms with van der Waals surface area (Å²) >= 11 is 0. The van der Waals surface area contributed by atoms with Crippen molar-refractivity contribution in [2.75, 3.05) is 6.35 Å². The zero-order valence-corrected chi connectivity index (χ0v) is 18.3. The molecule has 0 spiro atoms. The fraction of sp³-hybridized carbons (Fsp3) is 0.882. The average molecular weight is 394 g/mol. The molecule has 0 aliphatic rings. The Kier molecular flexibility index (Phi) is 10.0. The Balaban J connectivity index is 5.20. The summed E-state index contributed by atoms with van der Waals surface area (Å²) in [7, 11) is -3.45. The molecular weight excluding hydrogens is 359 g/mol. The molecule has 2 N–H and O–H groups in total. The maximum absolute atomic E-state index is 13.3. The van der Waals surface area contributed by atoms with E-state index < -0.39 is 37.1 Å². The van der Waals surface area contributed by atoms with Gasteiger partial charge in [-0.3, -0.25) is 14.2 Å². The van der Waals surface area contributed by atoms with E-state index in [1.165, 1.54) is 0 Å². The molecule has 0 saturated heterocycles. The molecule has 0 fully saturated rings. The molecule has 0 aromatic rings. The second-order valence-corrected chi connectivity index (χ2v) is 10.1. The number of hydrogen-bond acceptors (Lipinski definition) is 6. The Bertz CT molecular complexity index is 482. The quantitative estimate of drug-likeness (QED) is 0.431.